The highest BCUT2D eigenvalue weighted by Crippen LogP contribution is 2.07. The third kappa shape index (κ3) is 4.04. The van der Waals surface area contributed by atoms with Crippen LogP contribution in [0.3, 0.4) is 0 Å². The van der Waals surface area contributed by atoms with Gasteiger partial charge in [0.2, 0.25) is 5.91 Å². The first-order valence-corrected chi connectivity index (χ1v) is 6.55. The van der Waals surface area contributed by atoms with Crippen LogP contribution in [0.1, 0.15) is 18.9 Å². The molecule has 0 aliphatic carbocycles. The van der Waals surface area contributed by atoms with Crippen LogP contribution in [-0.4, -0.2) is 36.1 Å². The zero-order chi connectivity index (χ0) is 14.4. The van der Waals surface area contributed by atoms with Crippen LogP contribution in [0.5, 0.6) is 0 Å². The zero-order valence-electron chi connectivity index (χ0n) is 11.4. The van der Waals surface area contributed by atoms with Crippen molar-refractivity contribution in [1.29, 1.82) is 0 Å². The van der Waals surface area contributed by atoms with Gasteiger partial charge in [-0.25, -0.2) is 9.69 Å². The van der Waals surface area contributed by atoms with Gasteiger partial charge in [-0.3, -0.25) is 9.63 Å². The van der Waals surface area contributed by atoms with Gasteiger partial charge in [-0.05, 0) is 12.5 Å². The van der Waals surface area contributed by atoms with Crippen LogP contribution in [-0.2, 0) is 21.0 Å². The molecule has 108 valence electrons. The molecule has 1 fully saturated rings. The van der Waals surface area contributed by atoms with E-state index in [1.807, 2.05) is 37.3 Å². The number of hydrogen-bond donors (Lipinski definition) is 1. The summed E-state index contributed by atoms with van der Waals surface area (Å²) in [5.41, 5.74) is 3.84. The van der Waals surface area contributed by atoms with E-state index >= 15 is 0 Å². The number of nitrogens with zero attached hydrogens (tertiary/aromatic N) is 1. The second-order valence-electron chi connectivity index (χ2n) is 4.66. The summed E-state index contributed by atoms with van der Waals surface area (Å²) < 4.78 is 4.72. The van der Waals surface area contributed by atoms with Crippen LogP contribution >= 0.6 is 0 Å². The molecular weight excluding hydrogens is 260 g/mol. The lowest BCUT2D eigenvalue weighted by Gasteiger charge is -2.16. The van der Waals surface area contributed by atoms with Gasteiger partial charge in [-0.2, -0.15) is 5.48 Å². The van der Waals surface area contributed by atoms with Crippen LogP contribution in [0.15, 0.2) is 30.3 Å². The molecule has 6 heteroatoms. The van der Waals surface area contributed by atoms with Crippen LogP contribution in [0.2, 0.25) is 0 Å². The first-order chi connectivity index (χ1) is 9.66. The molecule has 0 aromatic heterocycles. The van der Waals surface area contributed by atoms with Crippen molar-refractivity contribution in [3.05, 3.63) is 35.9 Å². The standard InChI is InChI=1S/C14H18N2O4/c1-11(9-13(17)16-7-8-19-14(16)18)15-20-10-12-5-3-2-4-6-12/h2-6,11,15H,7-10H2,1H3/t11-/m0/s1. The largest absolute Gasteiger partial charge is 0.447 e. The number of nitrogens with one attached hydrogen (secondary N) is 1. The van der Waals surface area contributed by atoms with Crippen LogP contribution in [0.4, 0.5) is 4.79 Å². The fourth-order valence-electron chi connectivity index (χ4n) is 1.88. The normalized spacial score (nSPS) is 16.1. The number of ether oxygens (including phenoxy) is 1. The average molecular weight is 278 g/mol. The number of cyclic esters (lactones) is 1. The van der Waals surface area contributed by atoms with Gasteiger partial charge in [0.05, 0.1) is 13.2 Å². The van der Waals surface area contributed by atoms with Gasteiger partial charge in [-0.1, -0.05) is 30.3 Å². The maximum atomic E-state index is 11.8. The van der Waals surface area contributed by atoms with Crippen LogP contribution in [0.25, 0.3) is 0 Å². The Morgan fingerprint density at radius 1 is 1.45 bits per heavy atom. The number of amides is 2. The summed E-state index contributed by atoms with van der Waals surface area (Å²) in [6, 6.07) is 9.54. The Labute approximate surface area is 117 Å². The van der Waals surface area contributed by atoms with Gasteiger partial charge < -0.3 is 4.74 Å². The average Bonchev–Trinajstić information content (AvgIpc) is 2.86. The van der Waals surface area contributed by atoms with E-state index < -0.39 is 6.09 Å². The van der Waals surface area contributed by atoms with E-state index in [0.29, 0.717) is 13.2 Å². The van der Waals surface area contributed by atoms with Gasteiger partial charge in [0.25, 0.3) is 0 Å². The molecule has 20 heavy (non-hydrogen) atoms. The summed E-state index contributed by atoms with van der Waals surface area (Å²) in [4.78, 5) is 29.5. The summed E-state index contributed by atoms with van der Waals surface area (Å²) in [5.74, 6) is -0.254. The first kappa shape index (κ1) is 14.5. The van der Waals surface area contributed by atoms with Crippen molar-refractivity contribution in [3.63, 3.8) is 0 Å². The van der Waals surface area contributed by atoms with E-state index in [4.69, 9.17) is 9.57 Å². The van der Waals surface area contributed by atoms with Gasteiger partial charge in [0, 0.05) is 12.5 Å². The molecule has 1 saturated heterocycles. The Balaban J connectivity index is 1.68. The van der Waals surface area contributed by atoms with Gasteiger partial charge >= 0.3 is 6.09 Å². The summed E-state index contributed by atoms with van der Waals surface area (Å²) in [6.45, 7) is 2.85. The molecule has 1 aromatic carbocycles. The topological polar surface area (TPSA) is 67.9 Å². The lowest BCUT2D eigenvalue weighted by molar-refractivity contribution is -0.129. The predicted molar refractivity (Wildman–Crippen MR) is 71.5 cm³/mol. The lowest BCUT2D eigenvalue weighted by atomic mass is 10.2. The SMILES string of the molecule is C[C@@H](CC(=O)N1CCOC1=O)NOCc1ccccc1. The van der Waals surface area contributed by atoms with E-state index in [9.17, 15) is 9.59 Å². The summed E-state index contributed by atoms with van der Waals surface area (Å²) >= 11 is 0. The molecule has 1 aromatic rings. The molecule has 0 unspecified atom stereocenters. The van der Waals surface area contributed by atoms with E-state index in [2.05, 4.69) is 5.48 Å². The van der Waals surface area contributed by atoms with Crippen molar-refractivity contribution in [2.24, 2.45) is 0 Å². The number of hydrogen-bond acceptors (Lipinski definition) is 5. The Kier molecular flexibility index (Phi) is 5.09. The molecule has 0 bridgehead atoms. The monoisotopic (exact) mass is 278 g/mol. The maximum absolute atomic E-state index is 11.8. The Bertz CT molecular complexity index is 464. The molecule has 1 aliphatic rings. The first-order valence-electron chi connectivity index (χ1n) is 6.55. The molecular formula is C14H18N2O4. The molecule has 2 rings (SSSR count). The summed E-state index contributed by atoms with van der Waals surface area (Å²) in [5, 5.41) is 0. The molecule has 1 atom stereocenters. The smallest absolute Gasteiger partial charge is 0.416 e. The molecule has 1 heterocycles. The fourth-order valence-corrected chi connectivity index (χ4v) is 1.88. The predicted octanol–water partition coefficient (Wildman–Crippen LogP) is 1.47. The molecule has 0 radical (unpaired) electrons. The molecule has 6 nitrogen and oxygen atoms in total. The summed E-state index contributed by atoms with van der Waals surface area (Å²) in [6.07, 6.45) is -0.378. The van der Waals surface area contributed by atoms with Crippen LogP contribution < -0.4 is 5.48 Å². The van der Waals surface area contributed by atoms with E-state index in [1.165, 1.54) is 0 Å². The number of hydroxylamine groups is 1. The molecule has 2 amide bonds. The fraction of sp³-hybridized carbons (Fsp3) is 0.429. The number of carbonyl (C=O) groups excluding carboxylic acids is 2. The van der Waals surface area contributed by atoms with Crippen LogP contribution in [0, 0.1) is 0 Å². The van der Waals surface area contributed by atoms with Crippen molar-refractivity contribution in [3.8, 4) is 0 Å². The minimum absolute atomic E-state index is 0.181. The second-order valence-corrected chi connectivity index (χ2v) is 4.66. The number of benzene rings is 1. The van der Waals surface area contributed by atoms with E-state index in [-0.39, 0.29) is 25.0 Å². The molecule has 0 spiro atoms. The maximum Gasteiger partial charge on any atom is 0.416 e. The van der Waals surface area contributed by atoms with Crippen molar-refractivity contribution in [2.45, 2.75) is 26.0 Å². The zero-order valence-corrected chi connectivity index (χ0v) is 11.4. The minimum atomic E-state index is -0.563. The van der Waals surface area contributed by atoms with Crippen molar-refractivity contribution in [2.75, 3.05) is 13.2 Å². The van der Waals surface area contributed by atoms with Crippen molar-refractivity contribution < 1.29 is 19.2 Å². The van der Waals surface area contributed by atoms with Crippen molar-refractivity contribution in [1.82, 2.24) is 10.4 Å². The number of imide groups is 1. The Morgan fingerprint density at radius 3 is 2.85 bits per heavy atom. The minimum Gasteiger partial charge on any atom is -0.447 e. The highest BCUT2D eigenvalue weighted by Gasteiger charge is 2.28. The third-order valence-corrected chi connectivity index (χ3v) is 2.91. The quantitative estimate of drug-likeness (QED) is 0.798. The van der Waals surface area contributed by atoms with Gasteiger partial charge in [0.1, 0.15) is 6.61 Å². The Hall–Kier alpha value is -1.92. The summed E-state index contributed by atoms with van der Waals surface area (Å²) in [7, 11) is 0. The molecule has 0 saturated carbocycles. The third-order valence-electron chi connectivity index (χ3n) is 2.91. The van der Waals surface area contributed by atoms with Crippen molar-refractivity contribution >= 4 is 12.0 Å². The van der Waals surface area contributed by atoms with Gasteiger partial charge in [0.15, 0.2) is 0 Å². The van der Waals surface area contributed by atoms with Gasteiger partial charge in [-0.15, -0.1) is 0 Å². The Morgan fingerprint density at radius 2 is 2.20 bits per heavy atom. The number of rotatable bonds is 6. The second kappa shape index (κ2) is 7.02. The number of carbonyl (C=O) groups is 2. The van der Waals surface area contributed by atoms with E-state index in [0.717, 1.165) is 10.5 Å². The molecule has 1 aliphatic heterocycles. The van der Waals surface area contributed by atoms with E-state index in [1.54, 1.807) is 0 Å². The molecule has 1 N–H and O–H groups in total. The highest BCUT2D eigenvalue weighted by molar-refractivity contribution is 5.93. The lowest BCUT2D eigenvalue weighted by Crippen LogP contribution is -2.37. The highest BCUT2D eigenvalue weighted by atomic mass is 16.6.